The Bertz CT molecular complexity index is 605. The Kier molecular flexibility index (Phi) is 4.46. The number of amides is 2. The molecule has 112 valence electrons. The number of carbonyl (C=O) groups excluding carboxylic acids is 2. The molecule has 1 N–H and O–H groups in total. The van der Waals surface area contributed by atoms with Crippen molar-refractivity contribution in [3.63, 3.8) is 0 Å². The number of carbonyl (C=O) groups is 2. The SMILES string of the molecule is CSc1ccc(C(=O)N2CCNC(=O)C2C)cc1[N+](=O)[O-]. The van der Waals surface area contributed by atoms with Crippen LogP contribution >= 0.6 is 11.8 Å². The zero-order valence-corrected chi connectivity index (χ0v) is 12.5. The lowest BCUT2D eigenvalue weighted by Crippen LogP contribution is -2.55. The van der Waals surface area contributed by atoms with E-state index in [9.17, 15) is 19.7 Å². The highest BCUT2D eigenvalue weighted by Crippen LogP contribution is 2.29. The van der Waals surface area contributed by atoms with E-state index in [1.807, 2.05) is 0 Å². The molecule has 1 atom stereocenters. The van der Waals surface area contributed by atoms with Crippen LogP contribution in [0, 0.1) is 10.1 Å². The summed E-state index contributed by atoms with van der Waals surface area (Å²) in [5.74, 6) is -0.585. The minimum atomic E-state index is -0.578. The highest BCUT2D eigenvalue weighted by atomic mass is 32.2. The molecule has 0 saturated carbocycles. The summed E-state index contributed by atoms with van der Waals surface area (Å²) in [7, 11) is 0. The second kappa shape index (κ2) is 6.13. The standard InChI is InChI=1S/C13H15N3O4S/c1-8-12(17)14-5-6-15(8)13(18)9-3-4-11(21-2)10(7-9)16(19)20/h3-4,7-8H,5-6H2,1-2H3,(H,14,17). The summed E-state index contributed by atoms with van der Waals surface area (Å²) >= 11 is 1.25. The molecule has 7 nitrogen and oxygen atoms in total. The Labute approximate surface area is 125 Å². The number of hydrogen-bond donors (Lipinski definition) is 1. The third-order valence-corrected chi connectivity index (χ3v) is 4.17. The van der Waals surface area contributed by atoms with Gasteiger partial charge in [0.05, 0.1) is 9.82 Å². The lowest BCUT2D eigenvalue weighted by molar-refractivity contribution is -0.387. The summed E-state index contributed by atoms with van der Waals surface area (Å²) in [6.45, 7) is 2.42. The first-order valence-corrected chi connectivity index (χ1v) is 7.59. The molecule has 1 aliphatic rings. The van der Waals surface area contributed by atoms with E-state index < -0.39 is 11.0 Å². The molecule has 2 rings (SSSR count). The molecule has 1 fully saturated rings. The van der Waals surface area contributed by atoms with Crippen molar-refractivity contribution in [2.75, 3.05) is 19.3 Å². The molecule has 1 unspecified atom stereocenters. The van der Waals surface area contributed by atoms with Gasteiger partial charge in [-0.3, -0.25) is 19.7 Å². The van der Waals surface area contributed by atoms with E-state index in [0.29, 0.717) is 18.0 Å². The lowest BCUT2D eigenvalue weighted by Gasteiger charge is -2.32. The van der Waals surface area contributed by atoms with Gasteiger partial charge in [-0.25, -0.2) is 0 Å². The van der Waals surface area contributed by atoms with E-state index in [1.165, 1.54) is 22.7 Å². The van der Waals surface area contributed by atoms with Gasteiger partial charge in [0.2, 0.25) is 5.91 Å². The minimum Gasteiger partial charge on any atom is -0.353 e. The van der Waals surface area contributed by atoms with Crippen LogP contribution in [0.4, 0.5) is 5.69 Å². The van der Waals surface area contributed by atoms with Gasteiger partial charge in [0.1, 0.15) is 6.04 Å². The fourth-order valence-corrected chi connectivity index (χ4v) is 2.74. The van der Waals surface area contributed by atoms with E-state index in [4.69, 9.17) is 0 Å². The molecule has 1 aliphatic heterocycles. The predicted molar refractivity (Wildman–Crippen MR) is 78.4 cm³/mol. The van der Waals surface area contributed by atoms with E-state index in [-0.39, 0.29) is 23.1 Å². The summed E-state index contributed by atoms with van der Waals surface area (Å²) in [6, 6.07) is 3.81. The first kappa shape index (κ1) is 15.3. The van der Waals surface area contributed by atoms with Gasteiger partial charge >= 0.3 is 0 Å². The van der Waals surface area contributed by atoms with Crippen LogP contribution in [-0.4, -0.2) is 47.0 Å². The van der Waals surface area contributed by atoms with Crippen molar-refractivity contribution in [1.29, 1.82) is 0 Å². The van der Waals surface area contributed by atoms with Gasteiger partial charge in [-0.2, -0.15) is 0 Å². The maximum absolute atomic E-state index is 12.4. The molecule has 0 radical (unpaired) electrons. The van der Waals surface area contributed by atoms with Crippen LogP contribution in [0.3, 0.4) is 0 Å². The molecule has 1 saturated heterocycles. The molecule has 0 aliphatic carbocycles. The Morgan fingerprint density at radius 3 is 2.86 bits per heavy atom. The van der Waals surface area contributed by atoms with Crippen molar-refractivity contribution in [2.24, 2.45) is 0 Å². The number of piperazine rings is 1. The maximum atomic E-state index is 12.4. The van der Waals surface area contributed by atoms with Crippen LogP contribution in [0.25, 0.3) is 0 Å². The van der Waals surface area contributed by atoms with Crippen LogP contribution in [0.1, 0.15) is 17.3 Å². The number of benzene rings is 1. The smallest absolute Gasteiger partial charge is 0.283 e. The quantitative estimate of drug-likeness (QED) is 0.516. The van der Waals surface area contributed by atoms with Crippen molar-refractivity contribution in [2.45, 2.75) is 17.9 Å². The van der Waals surface area contributed by atoms with Crippen molar-refractivity contribution < 1.29 is 14.5 Å². The first-order chi connectivity index (χ1) is 9.95. The van der Waals surface area contributed by atoms with Gasteiger partial charge in [0.25, 0.3) is 11.6 Å². The summed E-state index contributed by atoms with van der Waals surface area (Å²) in [4.78, 5) is 36.5. The highest BCUT2D eigenvalue weighted by molar-refractivity contribution is 7.98. The van der Waals surface area contributed by atoms with Gasteiger partial charge in [0.15, 0.2) is 0 Å². The molecule has 1 aromatic carbocycles. The third-order valence-electron chi connectivity index (χ3n) is 3.38. The monoisotopic (exact) mass is 309 g/mol. The Balaban J connectivity index is 2.33. The van der Waals surface area contributed by atoms with Gasteiger partial charge in [0, 0.05) is 24.7 Å². The molecule has 0 aromatic heterocycles. The van der Waals surface area contributed by atoms with Crippen molar-refractivity contribution in [1.82, 2.24) is 10.2 Å². The topological polar surface area (TPSA) is 92.6 Å². The van der Waals surface area contributed by atoms with Gasteiger partial charge in [-0.15, -0.1) is 11.8 Å². The van der Waals surface area contributed by atoms with Gasteiger partial charge < -0.3 is 10.2 Å². The first-order valence-electron chi connectivity index (χ1n) is 6.37. The minimum absolute atomic E-state index is 0.0949. The summed E-state index contributed by atoms with van der Waals surface area (Å²) in [6.07, 6.45) is 1.74. The van der Waals surface area contributed by atoms with Crippen LogP contribution in [-0.2, 0) is 4.79 Å². The Morgan fingerprint density at radius 2 is 2.24 bits per heavy atom. The normalized spacial score (nSPS) is 18.3. The van der Waals surface area contributed by atoms with Gasteiger partial charge in [-0.05, 0) is 25.3 Å². The van der Waals surface area contributed by atoms with Crippen LogP contribution < -0.4 is 5.32 Å². The van der Waals surface area contributed by atoms with Crippen LogP contribution in [0.5, 0.6) is 0 Å². The average Bonchev–Trinajstić information content (AvgIpc) is 2.48. The summed E-state index contributed by atoms with van der Waals surface area (Å²) < 4.78 is 0. The number of thioether (sulfide) groups is 1. The molecule has 0 spiro atoms. The molecule has 8 heteroatoms. The van der Waals surface area contributed by atoms with Gasteiger partial charge in [-0.1, -0.05) is 0 Å². The van der Waals surface area contributed by atoms with Crippen molar-refractivity contribution in [3.05, 3.63) is 33.9 Å². The zero-order chi connectivity index (χ0) is 15.6. The maximum Gasteiger partial charge on any atom is 0.283 e. The molecule has 21 heavy (non-hydrogen) atoms. The van der Waals surface area contributed by atoms with E-state index in [1.54, 1.807) is 25.3 Å². The van der Waals surface area contributed by atoms with E-state index in [0.717, 1.165) is 0 Å². The van der Waals surface area contributed by atoms with E-state index in [2.05, 4.69) is 5.32 Å². The number of nitrogens with zero attached hydrogens (tertiary/aromatic N) is 2. The molecular formula is C13H15N3O4S. The number of nitro benzene ring substituents is 1. The third kappa shape index (κ3) is 2.99. The average molecular weight is 309 g/mol. The highest BCUT2D eigenvalue weighted by Gasteiger charge is 2.30. The summed E-state index contributed by atoms with van der Waals surface area (Å²) in [5, 5.41) is 13.7. The number of rotatable bonds is 3. The molecule has 2 amide bonds. The fourth-order valence-electron chi connectivity index (χ4n) is 2.19. The largest absolute Gasteiger partial charge is 0.353 e. The van der Waals surface area contributed by atoms with E-state index >= 15 is 0 Å². The summed E-state index contributed by atoms with van der Waals surface area (Å²) in [5.41, 5.74) is 0.128. The molecule has 1 heterocycles. The fraction of sp³-hybridized carbons (Fsp3) is 0.385. The predicted octanol–water partition coefficient (Wildman–Crippen LogP) is 1.28. The lowest BCUT2D eigenvalue weighted by atomic mass is 10.1. The Hall–Kier alpha value is -2.09. The van der Waals surface area contributed by atoms with Crippen molar-refractivity contribution >= 4 is 29.3 Å². The van der Waals surface area contributed by atoms with Crippen LogP contribution in [0.2, 0.25) is 0 Å². The molecule has 0 bridgehead atoms. The number of hydrogen-bond acceptors (Lipinski definition) is 5. The van der Waals surface area contributed by atoms with Crippen LogP contribution in [0.15, 0.2) is 23.1 Å². The number of nitrogens with one attached hydrogen (secondary N) is 1. The zero-order valence-electron chi connectivity index (χ0n) is 11.7. The number of nitro groups is 1. The second-order valence-electron chi connectivity index (χ2n) is 4.61. The van der Waals surface area contributed by atoms with Crippen molar-refractivity contribution in [3.8, 4) is 0 Å². The molecule has 1 aromatic rings. The second-order valence-corrected chi connectivity index (χ2v) is 5.46. The molecular weight excluding hydrogens is 294 g/mol. The Morgan fingerprint density at radius 1 is 1.52 bits per heavy atom.